The molecule has 0 saturated heterocycles. The molecule has 0 heterocycles. The van der Waals surface area contributed by atoms with Gasteiger partial charge in [0.15, 0.2) is 11.5 Å². The van der Waals surface area contributed by atoms with E-state index in [0.717, 1.165) is 8.95 Å². The number of aromatic hydroxyl groups is 1. The van der Waals surface area contributed by atoms with Gasteiger partial charge in [0.25, 0.3) is 0 Å². The standard InChI is InChI=1S/C7H4Br4O2/c1-13-7-5(11)3(9)2(8)4(10)6(7)12/h12H,1H3. The Balaban J connectivity index is 3.56. The number of methoxy groups -OCH3 is 1. The predicted octanol–water partition coefficient (Wildman–Crippen LogP) is 4.45. The minimum atomic E-state index is 0.0597. The Morgan fingerprint density at radius 2 is 1.38 bits per heavy atom. The molecule has 1 aromatic rings. The van der Waals surface area contributed by atoms with E-state index < -0.39 is 0 Å². The van der Waals surface area contributed by atoms with E-state index in [9.17, 15) is 5.11 Å². The molecule has 1 aromatic carbocycles. The first-order valence-corrected chi connectivity index (χ1v) is 6.26. The van der Waals surface area contributed by atoms with Gasteiger partial charge in [0.1, 0.15) is 0 Å². The second-order valence-corrected chi connectivity index (χ2v) is 5.31. The molecule has 13 heavy (non-hydrogen) atoms. The summed E-state index contributed by atoms with van der Waals surface area (Å²) in [5.41, 5.74) is 0. The van der Waals surface area contributed by atoms with Gasteiger partial charge in [0.05, 0.1) is 25.0 Å². The summed E-state index contributed by atoms with van der Waals surface area (Å²) in [4.78, 5) is 0. The maximum absolute atomic E-state index is 9.63. The zero-order valence-electron chi connectivity index (χ0n) is 6.37. The minimum Gasteiger partial charge on any atom is -0.503 e. The summed E-state index contributed by atoms with van der Waals surface area (Å²) in [5.74, 6) is 0.450. The largest absolute Gasteiger partial charge is 0.503 e. The van der Waals surface area contributed by atoms with E-state index in [0.29, 0.717) is 14.7 Å². The average molecular weight is 440 g/mol. The van der Waals surface area contributed by atoms with Gasteiger partial charge in [-0.05, 0) is 63.7 Å². The molecule has 0 bridgehead atoms. The van der Waals surface area contributed by atoms with E-state index in [1.54, 1.807) is 0 Å². The van der Waals surface area contributed by atoms with E-state index >= 15 is 0 Å². The number of phenolic OH excluding ortho intramolecular Hbond substituents is 1. The lowest BCUT2D eigenvalue weighted by molar-refractivity contribution is 0.369. The Morgan fingerprint density at radius 1 is 0.923 bits per heavy atom. The van der Waals surface area contributed by atoms with Crippen LogP contribution >= 0.6 is 63.7 Å². The number of ether oxygens (including phenoxy) is 1. The van der Waals surface area contributed by atoms with Crippen molar-refractivity contribution in [1.82, 2.24) is 0 Å². The third kappa shape index (κ3) is 2.06. The second kappa shape index (κ2) is 4.51. The van der Waals surface area contributed by atoms with Crippen LogP contribution in [0.3, 0.4) is 0 Å². The lowest BCUT2D eigenvalue weighted by atomic mass is 10.3. The third-order valence-electron chi connectivity index (χ3n) is 1.40. The fourth-order valence-electron chi connectivity index (χ4n) is 0.786. The smallest absolute Gasteiger partial charge is 0.177 e. The highest BCUT2D eigenvalue weighted by molar-refractivity contribution is 9.15. The first-order chi connectivity index (χ1) is 6.00. The molecule has 1 N–H and O–H groups in total. The first-order valence-electron chi connectivity index (χ1n) is 3.09. The van der Waals surface area contributed by atoms with Crippen molar-refractivity contribution in [2.45, 2.75) is 0 Å². The van der Waals surface area contributed by atoms with Gasteiger partial charge in [-0.25, -0.2) is 0 Å². The van der Waals surface area contributed by atoms with Gasteiger partial charge in [-0.1, -0.05) is 0 Å². The van der Waals surface area contributed by atoms with Crippen LogP contribution in [0.2, 0.25) is 0 Å². The van der Waals surface area contributed by atoms with Gasteiger partial charge in [0, 0.05) is 0 Å². The molecule has 1 rings (SSSR count). The van der Waals surface area contributed by atoms with E-state index in [1.807, 2.05) is 0 Å². The summed E-state index contributed by atoms with van der Waals surface area (Å²) in [7, 11) is 1.49. The Morgan fingerprint density at radius 3 is 1.85 bits per heavy atom. The number of hydrogen-bond donors (Lipinski definition) is 1. The molecule has 2 nitrogen and oxygen atoms in total. The van der Waals surface area contributed by atoms with Crippen LogP contribution < -0.4 is 4.74 Å². The van der Waals surface area contributed by atoms with Gasteiger partial charge >= 0.3 is 0 Å². The van der Waals surface area contributed by atoms with Gasteiger partial charge in [-0.3, -0.25) is 0 Å². The van der Waals surface area contributed by atoms with Gasteiger partial charge in [-0.15, -0.1) is 0 Å². The minimum absolute atomic E-state index is 0.0597. The molecule has 0 aromatic heterocycles. The summed E-state index contributed by atoms with van der Waals surface area (Å²) >= 11 is 13.2. The molecule has 0 amide bonds. The Hall–Kier alpha value is 0.740. The number of hydrogen-bond acceptors (Lipinski definition) is 2. The second-order valence-electron chi connectivity index (χ2n) is 2.14. The number of halogens is 4. The molecule has 6 heteroatoms. The number of rotatable bonds is 1. The molecule has 0 aliphatic carbocycles. The van der Waals surface area contributed by atoms with Crippen LogP contribution in [0.5, 0.6) is 11.5 Å². The third-order valence-corrected chi connectivity index (χ3v) is 6.12. The molecule has 0 aliphatic rings. The summed E-state index contributed by atoms with van der Waals surface area (Å²) in [5, 5.41) is 9.63. The lowest BCUT2D eigenvalue weighted by Gasteiger charge is -2.11. The fraction of sp³-hybridized carbons (Fsp3) is 0.143. The normalized spacial score (nSPS) is 10.2. The summed E-state index contributed by atoms with van der Waals surface area (Å²) in [6, 6.07) is 0. The Kier molecular flexibility index (Phi) is 4.09. The molecule has 0 saturated carbocycles. The monoisotopic (exact) mass is 436 g/mol. The number of phenols is 1. The summed E-state index contributed by atoms with van der Waals surface area (Å²) < 4.78 is 7.76. The number of benzene rings is 1. The molecule has 0 atom stereocenters. The van der Waals surface area contributed by atoms with Crippen LogP contribution in [0.4, 0.5) is 0 Å². The Labute approximate surface area is 109 Å². The van der Waals surface area contributed by atoms with E-state index in [1.165, 1.54) is 7.11 Å². The quantitative estimate of drug-likeness (QED) is 0.517. The van der Waals surface area contributed by atoms with Crippen molar-refractivity contribution in [1.29, 1.82) is 0 Å². The maximum Gasteiger partial charge on any atom is 0.177 e. The highest BCUT2D eigenvalue weighted by Gasteiger charge is 2.18. The summed E-state index contributed by atoms with van der Waals surface area (Å²) in [6.45, 7) is 0. The van der Waals surface area contributed by atoms with Crippen LogP contribution in [0.1, 0.15) is 0 Å². The highest BCUT2D eigenvalue weighted by Crippen LogP contribution is 2.49. The zero-order valence-corrected chi connectivity index (χ0v) is 12.7. The van der Waals surface area contributed by atoms with Crippen LogP contribution in [0.25, 0.3) is 0 Å². The molecule has 0 unspecified atom stereocenters. The summed E-state index contributed by atoms with van der Waals surface area (Å²) in [6.07, 6.45) is 0. The van der Waals surface area contributed by atoms with Crippen molar-refractivity contribution in [3.8, 4) is 11.5 Å². The fourth-order valence-corrected chi connectivity index (χ4v) is 3.01. The molecule has 0 aliphatic heterocycles. The zero-order chi connectivity index (χ0) is 10.2. The molecular formula is C7H4Br4O2. The van der Waals surface area contributed by atoms with Crippen molar-refractivity contribution in [3.05, 3.63) is 17.9 Å². The molecular weight excluding hydrogens is 436 g/mol. The lowest BCUT2D eigenvalue weighted by Crippen LogP contribution is -1.88. The van der Waals surface area contributed by atoms with Crippen molar-refractivity contribution in [2.75, 3.05) is 7.11 Å². The first kappa shape index (κ1) is 11.8. The topological polar surface area (TPSA) is 29.5 Å². The van der Waals surface area contributed by atoms with Crippen molar-refractivity contribution >= 4 is 63.7 Å². The van der Waals surface area contributed by atoms with E-state index in [4.69, 9.17) is 4.74 Å². The molecule has 0 spiro atoms. The van der Waals surface area contributed by atoms with E-state index in [2.05, 4.69) is 63.7 Å². The van der Waals surface area contributed by atoms with Crippen LogP contribution in [0, 0.1) is 0 Å². The van der Waals surface area contributed by atoms with E-state index in [-0.39, 0.29) is 5.75 Å². The maximum atomic E-state index is 9.63. The van der Waals surface area contributed by atoms with Crippen molar-refractivity contribution in [3.63, 3.8) is 0 Å². The van der Waals surface area contributed by atoms with Crippen LogP contribution in [0.15, 0.2) is 17.9 Å². The Bertz CT molecular complexity index is 322. The molecule has 72 valence electrons. The predicted molar refractivity (Wildman–Crippen MR) is 65.5 cm³/mol. The van der Waals surface area contributed by atoms with Crippen molar-refractivity contribution < 1.29 is 9.84 Å². The molecule has 0 radical (unpaired) electrons. The van der Waals surface area contributed by atoms with Crippen LogP contribution in [-0.2, 0) is 0 Å². The van der Waals surface area contributed by atoms with Crippen LogP contribution in [-0.4, -0.2) is 12.2 Å². The van der Waals surface area contributed by atoms with Crippen molar-refractivity contribution in [2.24, 2.45) is 0 Å². The van der Waals surface area contributed by atoms with Gasteiger partial charge < -0.3 is 9.84 Å². The highest BCUT2D eigenvalue weighted by atomic mass is 79.9. The van der Waals surface area contributed by atoms with Gasteiger partial charge in [0.2, 0.25) is 0 Å². The average Bonchev–Trinajstić information content (AvgIpc) is 2.13. The SMILES string of the molecule is COc1c(O)c(Br)c(Br)c(Br)c1Br. The van der Waals surface area contributed by atoms with Gasteiger partial charge in [-0.2, -0.15) is 0 Å². The molecule has 0 fully saturated rings.